The third-order valence-electron chi connectivity index (χ3n) is 3.41. The van der Waals surface area contributed by atoms with Gasteiger partial charge in [0.25, 0.3) is 5.91 Å². The summed E-state index contributed by atoms with van der Waals surface area (Å²) in [5, 5.41) is 7.14. The fourth-order valence-corrected chi connectivity index (χ4v) is 2.11. The molecule has 0 fully saturated rings. The molecule has 6 heteroatoms. The molecule has 0 bridgehead atoms. The molecule has 1 amide bonds. The van der Waals surface area contributed by atoms with Gasteiger partial charge < -0.3 is 10.1 Å². The molecule has 0 saturated carbocycles. The minimum Gasteiger partial charge on any atom is -0.460 e. The van der Waals surface area contributed by atoms with E-state index in [1.54, 1.807) is 55.3 Å². The number of para-hydroxylation sites is 1. The zero-order valence-corrected chi connectivity index (χ0v) is 13.5. The van der Waals surface area contributed by atoms with Gasteiger partial charge in [-0.05, 0) is 38.1 Å². The first-order valence-corrected chi connectivity index (χ1v) is 7.56. The van der Waals surface area contributed by atoms with Crippen molar-refractivity contribution >= 4 is 11.6 Å². The molecule has 0 aliphatic carbocycles. The summed E-state index contributed by atoms with van der Waals surface area (Å²) in [7, 11) is 0. The Balaban J connectivity index is 1.70. The average molecular weight is 322 g/mol. The lowest BCUT2D eigenvalue weighted by molar-refractivity contribution is -0.128. The highest BCUT2D eigenvalue weighted by Gasteiger charge is 2.31. The van der Waals surface area contributed by atoms with E-state index >= 15 is 0 Å². The van der Waals surface area contributed by atoms with E-state index < -0.39 is 5.60 Å². The first kappa shape index (κ1) is 15.7. The average Bonchev–Trinajstić information content (AvgIpc) is 3.04. The van der Waals surface area contributed by atoms with E-state index in [1.807, 2.05) is 30.3 Å². The number of hydrogen-bond donors (Lipinski definition) is 1. The summed E-state index contributed by atoms with van der Waals surface area (Å²) in [6, 6.07) is 14.9. The fourth-order valence-electron chi connectivity index (χ4n) is 2.11. The van der Waals surface area contributed by atoms with E-state index in [1.165, 1.54) is 0 Å². The Morgan fingerprint density at radius 1 is 1.12 bits per heavy atom. The summed E-state index contributed by atoms with van der Waals surface area (Å²) in [6.45, 7) is 3.39. The summed E-state index contributed by atoms with van der Waals surface area (Å²) < 4.78 is 7.47. The van der Waals surface area contributed by atoms with E-state index in [0.29, 0.717) is 11.6 Å². The smallest absolute Gasteiger partial charge is 0.268 e. The number of hydrogen-bond acceptors (Lipinski definition) is 4. The molecule has 6 nitrogen and oxygen atoms in total. The Labute approximate surface area is 140 Å². The van der Waals surface area contributed by atoms with Gasteiger partial charge in [-0.15, -0.1) is 5.10 Å². The molecule has 0 unspecified atom stereocenters. The van der Waals surface area contributed by atoms with Crippen LogP contribution in [0.2, 0.25) is 0 Å². The van der Waals surface area contributed by atoms with Crippen LogP contribution in [0.1, 0.15) is 13.8 Å². The summed E-state index contributed by atoms with van der Waals surface area (Å²) >= 11 is 0. The minimum atomic E-state index is -1.08. The number of amides is 1. The number of anilines is 1. The van der Waals surface area contributed by atoms with Crippen LogP contribution in [-0.4, -0.2) is 26.3 Å². The number of carbonyl (C=O) groups excluding carboxylic acids is 1. The minimum absolute atomic E-state index is 0.273. The van der Waals surface area contributed by atoms with Gasteiger partial charge in [-0.2, -0.15) is 0 Å². The molecule has 3 rings (SSSR count). The highest BCUT2D eigenvalue weighted by Crippen LogP contribution is 2.19. The number of nitrogens with zero attached hydrogens (tertiary/aromatic N) is 3. The predicted molar refractivity (Wildman–Crippen MR) is 91.1 cm³/mol. The number of pyridine rings is 1. The Morgan fingerprint density at radius 2 is 1.92 bits per heavy atom. The second-order valence-corrected chi connectivity index (χ2v) is 5.74. The summed E-state index contributed by atoms with van der Waals surface area (Å²) in [4.78, 5) is 16.4. The maximum Gasteiger partial charge on any atom is 0.268 e. The van der Waals surface area contributed by atoms with Crippen molar-refractivity contribution in [3.05, 3.63) is 67.1 Å². The van der Waals surface area contributed by atoms with Gasteiger partial charge in [-0.1, -0.05) is 18.2 Å². The van der Waals surface area contributed by atoms with Crippen molar-refractivity contribution in [3.63, 3.8) is 0 Å². The van der Waals surface area contributed by atoms with Gasteiger partial charge in [0.2, 0.25) is 5.88 Å². The fraction of sp³-hybridized carbons (Fsp3) is 0.167. The normalized spacial score (nSPS) is 11.1. The van der Waals surface area contributed by atoms with E-state index in [0.717, 1.165) is 5.69 Å². The van der Waals surface area contributed by atoms with E-state index in [2.05, 4.69) is 15.4 Å². The lowest BCUT2D eigenvalue weighted by atomic mass is 10.1. The van der Waals surface area contributed by atoms with Crippen LogP contribution in [0, 0.1) is 0 Å². The van der Waals surface area contributed by atoms with Crippen molar-refractivity contribution in [2.75, 3.05) is 5.32 Å². The Morgan fingerprint density at radius 3 is 2.62 bits per heavy atom. The first-order chi connectivity index (χ1) is 11.5. The number of aromatic nitrogens is 3. The molecule has 2 aromatic heterocycles. The Hall–Kier alpha value is -3.15. The highest BCUT2D eigenvalue weighted by atomic mass is 16.5. The monoisotopic (exact) mass is 322 g/mol. The maximum atomic E-state index is 12.4. The SMILES string of the molecule is CC(C)(Oc1ccn(-c2ccccc2)n1)C(=O)Nc1cccnc1. The van der Waals surface area contributed by atoms with E-state index in [4.69, 9.17) is 4.74 Å². The predicted octanol–water partition coefficient (Wildman–Crippen LogP) is 3.06. The van der Waals surface area contributed by atoms with Crippen molar-refractivity contribution in [2.45, 2.75) is 19.4 Å². The second-order valence-electron chi connectivity index (χ2n) is 5.74. The molecule has 0 saturated heterocycles. The molecule has 2 heterocycles. The Bertz CT molecular complexity index is 813. The van der Waals surface area contributed by atoms with Crippen molar-refractivity contribution in [2.24, 2.45) is 0 Å². The molecule has 0 spiro atoms. The molecule has 24 heavy (non-hydrogen) atoms. The Kier molecular flexibility index (Phi) is 4.29. The van der Waals surface area contributed by atoms with Crippen molar-refractivity contribution in [3.8, 4) is 11.6 Å². The van der Waals surface area contributed by atoms with Gasteiger partial charge in [0, 0.05) is 18.5 Å². The maximum absolute atomic E-state index is 12.4. The molecule has 0 aliphatic rings. The van der Waals surface area contributed by atoms with Crippen LogP contribution >= 0.6 is 0 Å². The third kappa shape index (κ3) is 3.60. The number of benzene rings is 1. The summed E-state index contributed by atoms with van der Waals surface area (Å²) in [5.74, 6) is 0.106. The summed E-state index contributed by atoms with van der Waals surface area (Å²) in [5.41, 5.74) is 0.463. The molecule has 0 aliphatic heterocycles. The molecule has 1 N–H and O–H groups in total. The second kappa shape index (κ2) is 6.54. The van der Waals surface area contributed by atoms with Crippen LogP contribution in [-0.2, 0) is 4.79 Å². The number of rotatable bonds is 5. The molecular formula is C18H18N4O2. The van der Waals surface area contributed by atoms with Gasteiger partial charge in [0.1, 0.15) is 0 Å². The van der Waals surface area contributed by atoms with Gasteiger partial charge in [-0.25, -0.2) is 4.68 Å². The zero-order chi connectivity index (χ0) is 17.0. The standard InChI is InChI=1S/C18H18N4O2/c1-18(2,17(23)20-14-7-6-11-19-13-14)24-16-10-12-22(21-16)15-8-4-3-5-9-15/h3-13H,1-2H3,(H,20,23). The van der Waals surface area contributed by atoms with Gasteiger partial charge in [0.05, 0.1) is 17.6 Å². The number of ether oxygens (including phenoxy) is 1. The molecule has 1 aromatic carbocycles. The lowest BCUT2D eigenvalue weighted by Crippen LogP contribution is -2.42. The topological polar surface area (TPSA) is 69.0 Å². The quantitative estimate of drug-likeness (QED) is 0.784. The largest absolute Gasteiger partial charge is 0.460 e. The number of nitrogens with one attached hydrogen (secondary N) is 1. The van der Waals surface area contributed by atoms with Crippen LogP contribution in [0.4, 0.5) is 5.69 Å². The zero-order valence-electron chi connectivity index (χ0n) is 13.5. The van der Waals surface area contributed by atoms with Crippen LogP contribution < -0.4 is 10.1 Å². The van der Waals surface area contributed by atoms with Gasteiger partial charge in [-0.3, -0.25) is 9.78 Å². The first-order valence-electron chi connectivity index (χ1n) is 7.56. The molecule has 122 valence electrons. The summed E-state index contributed by atoms with van der Waals surface area (Å²) in [6.07, 6.45) is 5.02. The van der Waals surface area contributed by atoms with Gasteiger partial charge in [0.15, 0.2) is 5.60 Å². The molecule has 0 atom stereocenters. The van der Waals surface area contributed by atoms with Crippen molar-refractivity contribution < 1.29 is 9.53 Å². The van der Waals surface area contributed by atoms with Crippen LogP contribution in [0.25, 0.3) is 5.69 Å². The highest BCUT2D eigenvalue weighted by molar-refractivity contribution is 5.96. The van der Waals surface area contributed by atoms with Crippen LogP contribution in [0.5, 0.6) is 5.88 Å². The molecule has 0 radical (unpaired) electrons. The van der Waals surface area contributed by atoms with Crippen LogP contribution in [0.3, 0.4) is 0 Å². The molecular weight excluding hydrogens is 304 g/mol. The number of carbonyl (C=O) groups is 1. The van der Waals surface area contributed by atoms with Crippen molar-refractivity contribution in [1.82, 2.24) is 14.8 Å². The lowest BCUT2D eigenvalue weighted by Gasteiger charge is -2.23. The van der Waals surface area contributed by atoms with Gasteiger partial charge >= 0.3 is 0 Å². The van der Waals surface area contributed by atoms with E-state index in [-0.39, 0.29) is 5.91 Å². The van der Waals surface area contributed by atoms with E-state index in [9.17, 15) is 4.79 Å². The van der Waals surface area contributed by atoms with Crippen molar-refractivity contribution in [1.29, 1.82) is 0 Å². The van der Waals surface area contributed by atoms with Crippen LogP contribution in [0.15, 0.2) is 67.1 Å². The molecule has 3 aromatic rings. The third-order valence-corrected chi connectivity index (χ3v) is 3.41.